The third-order valence-corrected chi connectivity index (χ3v) is 4.70. The highest BCUT2D eigenvalue weighted by atomic mass is 32.1. The maximum Gasteiger partial charge on any atom is 0.265 e. The van der Waals surface area contributed by atoms with E-state index in [1.54, 1.807) is 11.9 Å². The summed E-state index contributed by atoms with van der Waals surface area (Å²) in [7, 11) is 1.79. The van der Waals surface area contributed by atoms with Crippen LogP contribution in [0.25, 0.3) is 0 Å². The van der Waals surface area contributed by atoms with Gasteiger partial charge in [-0.05, 0) is 32.3 Å². The minimum Gasteiger partial charge on any atom is -0.362 e. The quantitative estimate of drug-likeness (QED) is 0.917. The molecule has 0 bridgehead atoms. The zero-order valence-corrected chi connectivity index (χ0v) is 13.6. The molecular weight excluding hydrogens is 294 g/mol. The van der Waals surface area contributed by atoms with Gasteiger partial charge in [0.25, 0.3) is 5.91 Å². The molecule has 0 aliphatic rings. The minimum atomic E-state index is -0.0167. The zero-order chi connectivity index (χ0) is 14.7. The number of aryl methyl sites for hydroxylation is 2. The molecule has 6 nitrogen and oxygen atoms in total. The molecule has 2 heterocycles. The molecule has 0 aliphatic heterocycles. The van der Waals surface area contributed by atoms with Gasteiger partial charge >= 0.3 is 0 Å². The van der Waals surface area contributed by atoms with E-state index in [1.165, 1.54) is 22.9 Å². The van der Waals surface area contributed by atoms with Crippen LogP contribution in [0.15, 0.2) is 0 Å². The molecule has 8 heteroatoms. The fraction of sp³-hybridized carbons (Fsp3) is 0.500. The van der Waals surface area contributed by atoms with Gasteiger partial charge < -0.3 is 10.2 Å². The summed E-state index contributed by atoms with van der Waals surface area (Å²) >= 11 is 2.72. The van der Waals surface area contributed by atoms with Crippen molar-refractivity contribution in [2.24, 2.45) is 0 Å². The predicted octanol–water partition coefficient (Wildman–Crippen LogP) is 2.32. The van der Waals surface area contributed by atoms with Crippen molar-refractivity contribution in [1.29, 1.82) is 0 Å². The van der Waals surface area contributed by atoms with Crippen molar-refractivity contribution in [2.75, 3.05) is 18.9 Å². The average molecular weight is 311 g/mol. The van der Waals surface area contributed by atoms with E-state index in [0.717, 1.165) is 27.9 Å². The first-order chi connectivity index (χ1) is 9.52. The number of carbonyl (C=O) groups excluding carboxylic acids is 1. The first-order valence-electron chi connectivity index (χ1n) is 6.27. The number of hydrogen-bond donors (Lipinski definition) is 1. The highest BCUT2D eigenvalue weighted by molar-refractivity contribution is 7.17. The summed E-state index contributed by atoms with van der Waals surface area (Å²) in [5.74, 6) is -0.0167. The monoisotopic (exact) mass is 311 g/mol. The van der Waals surface area contributed by atoms with Gasteiger partial charge in [-0.1, -0.05) is 15.8 Å². The Morgan fingerprint density at radius 3 is 2.70 bits per heavy atom. The molecule has 0 fully saturated rings. The van der Waals surface area contributed by atoms with Gasteiger partial charge in [-0.25, -0.2) is 4.98 Å². The van der Waals surface area contributed by atoms with E-state index in [-0.39, 0.29) is 5.91 Å². The Hall–Kier alpha value is -1.54. The van der Waals surface area contributed by atoms with E-state index in [9.17, 15) is 4.79 Å². The second-order valence-corrected chi connectivity index (χ2v) is 6.24. The minimum absolute atomic E-state index is 0.0167. The van der Waals surface area contributed by atoms with Crippen molar-refractivity contribution in [3.63, 3.8) is 0 Å². The van der Waals surface area contributed by atoms with E-state index < -0.39 is 0 Å². The summed E-state index contributed by atoms with van der Waals surface area (Å²) in [5.41, 5.74) is 1.64. The number of thiazole rings is 1. The van der Waals surface area contributed by atoms with Gasteiger partial charge in [0.15, 0.2) is 5.13 Å². The summed E-state index contributed by atoms with van der Waals surface area (Å²) in [4.78, 5) is 20.2. The van der Waals surface area contributed by atoms with Gasteiger partial charge in [0.2, 0.25) is 0 Å². The van der Waals surface area contributed by atoms with Crippen molar-refractivity contribution in [2.45, 2.75) is 27.3 Å². The molecule has 20 heavy (non-hydrogen) atoms. The van der Waals surface area contributed by atoms with Crippen LogP contribution in [-0.4, -0.2) is 39.0 Å². The van der Waals surface area contributed by atoms with Crippen LogP contribution >= 0.6 is 22.9 Å². The molecule has 0 spiro atoms. The molecule has 2 aromatic rings. The number of nitrogens with zero attached hydrogens (tertiary/aromatic N) is 4. The molecule has 2 aromatic heterocycles. The van der Waals surface area contributed by atoms with Crippen LogP contribution in [0.3, 0.4) is 0 Å². The Kier molecular flexibility index (Phi) is 4.66. The lowest BCUT2D eigenvalue weighted by molar-refractivity contribution is 0.0790. The fourth-order valence-corrected chi connectivity index (χ4v) is 3.39. The zero-order valence-electron chi connectivity index (χ0n) is 11.9. The second kappa shape index (κ2) is 6.27. The maximum atomic E-state index is 12.5. The van der Waals surface area contributed by atoms with E-state index >= 15 is 0 Å². The molecule has 0 unspecified atom stereocenters. The Morgan fingerprint density at radius 2 is 2.10 bits per heavy atom. The average Bonchev–Trinajstić information content (AvgIpc) is 2.96. The Bertz CT molecular complexity index is 607. The van der Waals surface area contributed by atoms with Crippen molar-refractivity contribution in [1.82, 2.24) is 19.5 Å². The molecule has 1 N–H and O–H groups in total. The first kappa shape index (κ1) is 14.9. The lowest BCUT2D eigenvalue weighted by atomic mass is 10.3. The SMILES string of the molecule is CCNc1nc(C)c(C(=O)N(C)Cc2snnc2C)s1. The molecule has 0 atom stereocenters. The Morgan fingerprint density at radius 1 is 1.35 bits per heavy atom. The molecule has 1 amide bonds. The predicted molar refractivity (Wildman–Crippen MR) is 81.5 cm³/mol. The van der Waals surface area contributed by atoms with Gasteiger partial charge in [0.1, 0.15) is 4.88 Å². The molecule has 0 saturated carbocycles. The Labute approximate surface area is 126 Å². The third-order valence-electron chi connectivity index (χ3n) is 2.79. The summed E-state index contributed by atoms with van der Waals surface area (Å²) in [6.45, 7) is 7.08. The van der Waals surface area contributed by atoms with Crippen LogP contribution in [0.1, 0.15) is 32.9 Å². The van der Waals surface area contributed by atoms with E-state index in [4.69, 9.17) is 0 Å². The smallest absolute Gasteiger partial charge is 0.265 e. The lowest BCUT2D eigenvalue weighted by Gasteiger charge is -2.15. The number of nitrogens with one attached hydrogen (secondary N) is 1. The van der Waals surface area contributed by atoms with E-state index in [1.807, 2.05) is 20.8 Å². The highest BCUT2D eigenvalue weighted by Crippen LogP contribution is 2.24. The van der Waals surface area contributed by atoms with Gasteiger partial charge in [0, 0.05) is 13.6 Å². The molecule has 2 rings (SSSR count). The van der Waals surface area contributed by atoms with E-state index in [0.29, 0.717) is 11.4 Å². The van der Waals surface area contributed by atoms with Crippen molar-refractivity contribution in [3.05, 3.63) is 21.1 Å². The third kappa shape index (κ3) is 3.13. The van der Waals surface area contributed by atoms with Crippen LogP contribution in [0, 0.1) is 13.8 Å². The summed E-state index contributed by atoms with van der Waals surface area (Å²) in [5, 5.41) is 7.88. The van der Waals surface area contributed by atoms with Crippen molar-refractivity contribution < 1.29 is 4.79 Å². The lowest BCUT2D eigenvalue weighted by Crippen LogP contribution is -2.25. The van der Waals surface area contributed by atoms with Crippen LogP contribution in [0.5, 0.6) is 0 Å². The summed E-state index contributed by atoms with van der Waals surface area (Å²) in [6, 6.07) is 0. The van der Waals surface area contributed by atoms with Crippen LogP contribution in [-0.2, 0) is 6.54 Å². The highest BCUT2D eigenvalue weighted by Gasteiger charge is 2.20. The standard InChI is InChI=1S/C12H17N5OS2/c1-5-13-12-14-8(3)10(19-12)11(18)17(4)6-9-7(2)15-16-20-9/h5-6H2,1-4H3,(H,13,14). The number of aromatic nitrogens is 3. The first-order valence-corrected chi connectivity index (χ1v) is 7.86. The molecule has 0 aromatic carbocycles. The topological polar surface area (TPSA) is 71.0 Å². The summed E-state index contributed by atoms with van der Waals surface area (Å²) < 4.78 is 3.89. The number of rotatable bonds is 5. The molecule has 0 saturated heterocycles. The van der Waals surface area contributed by atoms with Gasteiger partial charge in [0.05, 0.1) is 22.8 Å². The Balaban J connectivity index is 2.12. The number of amides is 1. The van der Waals surface area contributed by atoms with Gasteiger partial charge in [-0.2, -0.15) is 0 Å². The molecule has 108 valence electrons. The molecular formula is C12H17N5OS2. The van der Waals surface area contributed by atoms with Crippen LogP contribution in [0.4, 0.5) is 5.13 Å². The van der Waals surface area contributed by atoms with Crippen LogP contribution in [0.2, 0.25) is 0 Å². The number of hydrogen-bond acceptors (Lipinski definition) is 7. The molecule has 0 radical (unpaired) electrons. The maximum absolute atomic E-state index is 12.5. The fourth-order valence-electron chi connectivity index (χ4n) is 1.68. The van der Waals surface area contributed by atoms with Gasteiger partial charge in [-0.3, -0.25) is 4.79 Å². The molecule has 0 aliphatic carbocycles. The van der Waals surface area contributed by atoms with Crippen molar-refractivity contribution >= 4 is 33.9 Å². The summed E-state index contributed by atoms with van der Waals surface area (Å²) in [6.07, 6.45) is 0. The number of anilines is 1. The number of carbonyl (C=O) groups is 1. The largest absolute Gasteiger partial charge is 0.362 e. The van der Waals surface area contributed by atoms with Gasteiger partial charge in [-0.15, -0.1) is 5.10 Å². The van der Waals surface area contributed by atoms with Crippen molar-refractivity contribution in [3.8, 4) is 0 Å². The second-order valence-electron chi connectivity index (χ2n) is 4.41. The van der Waals surface area contributed by atoms with Crippen LogP contribution < -0.4 is 5.32 Å². The normalized spacial score (nSPS) is 10.6. The van der Waals surface area contributed by atoms with E-state index in [2.05, 4.69) is 19.9 Å².